The minimum Gasteiger partial charge on any atom is -0.325 e. The van der Waals surface area contributed by atoms with Crippen LogP contribution < -0.4 is 10.0 Å². The van der Waals surface area contributed by atoms with Crippen LogP contribution in [0.4, 0.5) is 14.5 Å². The van der Waals surface area contributed by atoms with Crippen molar-refractivity contribution in [2.45, 2.75) is 24.3 Å². The molecule has 2 aromatic carbocycles. The van der Waals surface area contributed by atoms with Gasteiger partial charge in [-0.25, -0.2) is 17.2 Å². The highest BCUT2D eigenvalue weighted by atomic mass is 32.2. The molecular formula is C16H16F2N2O3S. The first-order valence-electron chi connectivity index (χ1n) is 7.16. The lowest BCUT2D eigenvalue weighted by Crippen LogP contribution is -2.43. The third-order valence-corrected chi connectivity index (χ3v) is 4.75. The molecule has 0 aliphatic heterocycles. The van der Waals surface area contributed by atoms with E-state index in [0.29, 0.717) is 5.69 Å². The Hall–Kier alpha value is -2.32. The number of hydrogen-bond donors (Lipinski definition) is 2. The predicted molar refractivity (Wildman–Crippen MR) is 85.8 cm³/mol. The van der Waals surface area contributed by atoms with E-state index in [1.807, 2.05) is 0 Å². The Bertz CT molecular complexity index is 806. The molecule has 0 radical (unpaired) electrons. The topological polar surface area (TPSA) is 75.3 Å². The summed E-state index contributed by atoms with van der Waals surface area (Å²) >= 11 is 0. The van der Waals surface area contributed by atoms with Crippen LogP contribution in [0.3, 0.4) is 0 Å². The molecule has 1 amide bonds. The molecule has 24 heavy (non-hydrogen) atoms. The molecule has 8 heteroatoms. The predicted octanol–water partition coefficient (Wildman–Crippen LogP) is 2.66. The number of sulfonamides is 1. The van der Waals surface area contributed by atoms with Gasteiger partial charge >= 0.3 is 0 Å². The zero-order valence-electron chi connectivity index (χ0n) is 12.8. The van der Waals surface area contributed by atoms with Gasteiger partial charge in [0.2, 0.25) is 15.9 Å². The van der Waals surface area contributed by atoms with Crippen LogP contribution in [0.5, 0.6) is 0 Å². The smallest absolute Gasteiger partial charge is 0.242 e. The van der Waals surface area contributed by atoms with Crippen LogP contribution in [0.1, 0.15) is 13.3 Å². The largest absolute Gasteiger partial charge is 0.325 e. The molecule has 0 aliphatic carbocycles. The lowest BCUT2D eigenvalue weighted by molar-refractivity contribution is -0.117. The molecule has 0 saturated carbocycles. The van der Waals surface area contributed by atoms with E-state index in [9.17, 15) is 22.0 Å². The lowest BCUT2D eigenvalue weighted by Gasteiger charge is -2.17. The molecule has 0 bridgehead atoms. The Morgan fingerprint density at radius 1 is 1.00 bits per heavy atom. The molecule has 0 spiro atoms. The number of rotatable bonds is 6. The number of anilines is 1. The van der Waals surface area contributed by atoms with Crippen LogP contribution in [0.25, 0.3) is 0 Å². The molecule has 5 nitrogen and oxygen atoms in total. The highest BCUT2D eigenvalue weighted by Gasteiger charge is 2.24. The van der Waals surface area contributed by atoms with Gasteiger partial charge in [0.05, 0.1) is 4.90 Å². The van der Waals surface area contributed by atoms with E-state index in [0.717, 1.165) is 24.3 Å². The van der Waals surface area contributed by atoms with Crippen molar-refractivity contribution in [3.63, 3.8) is 0 Å². The molecule has 0 fully saturated rings. The number of halogens is 2. The fourth-order valence-electron chi connectivity index (χ4n) is 1.95. The minimum atomic E-state index is -3.97. The maximum atomic E-state index is 12.9. The Balaban J connectivity index is 2.11. The summed E-state index contributed by atoms with van der Waals surface area (Å²) < 4.78 is 52.5. The minimum absolute atomic E-state index is 0.142. The summed E-state index contributed by atoms with van der Waals surface area (Å²) in [7, 11) is -3.97. The summed E-state index contributed by atoms with van der Waals surface area (Å²) in [6, 6.07) is 8.35. The average Bonchev–Trinajstić information content (AvgIpc) is 2.55. The average molecular weight is 354 g/mol. The summed E-state index contributed by atoms with van der Waals surface area (Å²) in [5.74, 6) is -1.58. The molecule has 1 atom stereocenters. The van der Waals surface area contributed by atoms with Gasteiger partial charge in [0.15, 0.2) is 0 Å². The van der Waals surface area contributed by atoms with Gasteiger partial charge in [0, 0.05) is 5.69 Å². The van der Waals surface area contributed by atoms with Gasteiger partial charge in [-0.1, -0.05) is 6.92 Å². The van der Waals surface area contributed by atoms with Gasteiger partial charge in [-0.15, -0.1) is 0 Å². The van der Waals surface area contributed by atoms with Gasteiger partial charge in [-0.05, 0) is 55.0 Å². The number of benzene rings is 2. The second kappa shape index (κ2) is 7.50. The first kappa shape index (κ1) is 18.0. The fraction of sp³-hybridized carbons (Fsp3) is 0.188. The highest BCUT2D eigenvalue weighted by molar-refractivity contribution is 7.89. The van der Waals surface area contributed by atoms with Crippen molar-refractivity contribution >= 4 is 21.6 Å². The van der Waals surface area contributed by atoms with Gasteiger partial charge in [0.25, 0.3) is 0 Å². The maximum Gasteiger partial charge on any atom is 0.242 e. The zero-order valence-corrected chi connectivity index (χ0v) is 13.6. The third-order valence-electron chi connectivity index (χ3n) is 3.26. The molecule has 128 valence electrons. The summed E-state index contributed by atoms with van der Waals surface area (Å²) in [6.07, 6.45) is 0.202. The van der Waals surface area contributed by atoms with Gasteiger partial charge < -0.3 is 5.32 Å². The number of carbonyl (C=O) groups excluding carboxylic acids is 1. The van der Waals surface area contributed by atoms with Crippen LogP contribution in [-0.2, 0) is 14.8 Å². The lowest BCUT2D eigenvalue weighted by atomic mass is 10.2. The SMILES string of the molecule is CCC(NS(=O)(=O)c1ccc(F)cc1)C(=O)Nc1ccc(F)cc1. The van der Waals surface area contributed by atoms with Crippen molar-refractivity contribution in [3.8, 4) is 0 Å². The van der Waals surface area contributed by atoms with Crippen LogP contribution in [0.2, 0.25) is 0 Å². The van der Waals surface area contributed by atoms with Gasteiger partial charge in [-0.3, -0.25) is 4.79 Å². The number of amides is 1. The fourth-order valence-corrected chi connectivity index (χ4v) is 3.23. The van der Waals surface area contributed by atoms with E-state index in [2.05, 4.69) is 10.0 Å². The van der Waals surface area contributed by atoms with Gasteiger partial charge in [0.1, 0.15) is 17.7 Å². The third kappa shape index (κ3) is 4.59. The molecule has 0 aliphatic rings. The Morgan fingerprint density at radius 2 is 1.50 bits per heavy atom. The standard InChI is InChI=1S/C16H16F2N2O3S/c1-2-15(16(21)19-13-7-3-11(17)4-8-13)20-24(22,23)14-9-5-12(18)6-10-14/h3-10,15,20H,2H2,1H3,(H,19,21). The van der Waals surface area contributed by atoms with Crippen LogP contribution in [-0.4, -0.2) is 20.4 Å². The van der Waals surface area contributed by atoms with E-state index >= 15 is 0 Å². The van der Waals surface area contributed by atoms with Crippen LogP contribution in [0.15, 0.2) is 53.4 Å². The monoisotopic (exact) mass is 354 g/mol. The first-order valence-corrected chi connectivity index (χ1v) is 8.64. The van der Waals surface area contributed by atoms with Crippen molar-refractivity contribution in [1.29, 1.82) is 0 Å². The van der Waals surface area contributed by atoms with E-state index in [4.69, 9.17) is 0 Å². The van der Waals surface area contributed by atoms with E-state index < -0.39 is 33.6 Å². The molecule has 2 rings (SSSR count). The van der Waals surface area contributed by atoms with E-state index in [1.165, 1.54) is 24.3 Å². The molecule has 2 aromatic rings. The van der Waals surface area contributed by atoms with Gasteiger partial charge in [-0.2, -0.15) is 4.72 Å². The van der Waals surface area contributed by atoms with Crippen LogP contribution in [0, 0.1) is 11.6 Å². The molecule has 0 heterocycles. The summed E-state index contributed by atoms with van der Waals surface area (Å²) in [6.45, 7) is 1.64. The zero-order chi connectivity index (χ0) is 17.7. The summed E-state index contributed by atoms with van der Waals surface area (Å²) in [5, 5.41) is 2.51. The summed E-state index contributed by atoms with van der Waals surface area (Å²) in [4.78, 5) is 12.1. The number of hydrogen-bond acceptors (Lipinski definition) is 3. The summed E-state index contributed by atoms with van der Waals surface area (Å²) in [5.41, 5.74) is 0.348. The molecule has 2 N–H and O–H groups in total. The van der Waals surface area contributed by atoms with Crippen molar-refractivity contribution in [3.05, 3.63) is 60.2 Å². The molecule has 0 saturated heterocycles. The highest BCUT2D eigenvalue weighted by Crippen LogP contribution is 2.13. The molecule has 1 unspecified atom stereocenters. The van der Waals surface area contributed by atoms with Crippen molar-refractivity contribution in [2.75, 3.05) is 5.32 Å². The van der Waals surface area contributed by atoms with Crippen molar-refractivity contribution in [1.82, 2.24) is 4.72 Å². The number of carbonyl (C=O) groups is 1. The number of nitrogens with one attached hydrogen (secondary N) is 2. The molecular weight excluding hydrogens is 338 g/mol. The Morgan fingerprint density at radius 3 is 2.00 bits per heavy atom. The van der Waals surface area contributed by atoms with E-state index in [-0.39, 0.29) is 11.3 Å². The second-order valence-corrected chi connectivity index (χ2v) is 6.75. The van der Waals surface area contributed by atoms with E-state index in [1.54, 1.807) is 6.92 Å². The first-order chi connectivity index (χ1) is 11.3. The van der Waals surface area contributed by atoms with Crippen LogP contribution >= 0.6 is 0 Å². The quantitative estimate of drug-likeness (QED) is 0.837. The molecule has 0 aromatic heterocycles. The second-order valence-electron chi connectivity index (χ2n) is 5.03. The normalized spacial score (nSPS) is 12.6. The van der Waals surface area contributed by atoms with Crippen molar-refractivity contribution < 1.29 is 22.0 Å². The maximum absolute atomic E-state index is 12.9. The van der Waals surface area contributed by atoms with Crippen molar-refractivity contribution in [2.24, 2.45) is 0 Å². The Kier molecular flexibility index (Phi) is 5.63. The Labute approximate surface area is 138 Å².